The average Bonchev–Trinajstić information content (AvgIpc) is 2.57. The highest BCUT2D eigenvalue weighted by molar-refractivity contribution is 6.25. The van der Waals surface area contributed by atoms with E-state index in [0.29, 0.717) is 0 Å². The summed E-state index contributed by atoms with van der Waals surface area (Å²) in [5, 5.41) is 37.1. The van der Waals surface area contributed by atoms with Crippen LogP contribution in [0, 0.1) is 23.3 Å². The molecule has 1 aliphatic rings. The molecule has 144 valence electrons. The van der Waals surface area contributed by atoms with E-state index in [0.717, 1.165) is 0 Å². The topological polar surface area (TPSA) is 149 Å². The van der Waals surface area contributed by atoms with Crippen LogP contribution in [0.4, 0.5) is 17.6 Å². The Balaban J connectivity index is 2.69. The van der Waals surface area contributed by atoms with E-state index in [1.165, 1.54) is 0 Å². The van der Waals surface area contributed by atoms with E-state index in [2.05, 4.69) is 0 Å². The van der Waals surface area contributed by atoms with Crippen molar-refractivity contribution in [3.63, 3.8) is 0 Å². The molecule has 28 heavy (non-hydrogen) atoms. The first kappa shape index (κ1) is 18.8. The SMILES string of the molecule is O=C(O)c1c(C(=O)O)c(C(=O)O)c2c(c1C(=O)O)-c1c(F)c(F)c(F)c(F)c1-2. The molecule has 0 bridgehead atoms. The number of halogens is 4. The third-order valence-electron chi connectivity index (χ3n) is 4.12. The summed E-state index contributed by atoms with van der Waals surface area (Å²) in [5.41, 5.74) is -10.4. The largest absolute Gasteiger partial charge is 0.478 e. The molecule has 0 saturated carbocycles. The van der Waals surface area contributed by atoms with E-state index in [1.807, 2.05) is 0 Å². The normalized spacial score (nSPS) is 11.3. The van der Waals surface area contributed by atoms with Gasteiger partial charge in [0.05, 0.1) is 22.3 Å². The summed E-state index contributed by atoms with van der Waals surface area (Å²) in [6.07, 6.45) is 0. The van der Waals surface area contributed by atoms with Crippen molar-refractivity contribution in [1.82, 2.24) is 0 Å². The van der Waals surface area contributed by atoms with Crippen LogP contribution < -0.4 is 0 Å². The second-order valence-electron chi connectivity index (χ2n) is 5.48. The number of hydrogen-bond acceptors (Lipinski definition) is 4. The van der Waals surface area contributed by atoms with Crippen molar-refractivity contribution in [3.8, 4) is 22.3 Å². The fraction of sp³-hybridized carbons (Fsp3) is 0. The number of fused-ring (bicyclic) bond motifs is 4. The van der Waals surface area contributed by atoms with E-state index in [9.17, 15) is 57.2 Å². The highest BCUT2D eigenvalue weighted by Gasteiger charge is 2.46. The van der Waals surface area contributed by atoms with Crippen molar-refractivity contribution in [1.29, 1.82) is 0 Å². The Morgan fingerprint density at radius 1 is 0.429 bits per heavy atom. The molecular formula is C16H4F4O8. The third-order valence-corrected chi connectivity index (χ3v) is 4.12. The summed E-state index contributed by atoms with van der Waals surface area (Å²) in [7, 11) is 0. The van der Waals surface area contributed by atoms with Gasteiger partial charge >= 0.3 is 23.9 Å². The molecule has 1 aliphatic carbocycles. The van der Waals surface area contributed by atoms with Gasteiger partial charge in [-0.3, -0.25) is 0 Å². The smallest absolute Gasteiger partial charge is 0.337 e. The second kappa shape index (κ2) is 5.77. The first-order valence-electron chi connectivity index (χ1n) is 6.97. The quantitative estimate of drug-likeness (QED) is 0.297. The maximum atomic E-state index is 14.1. The number of benzene rings is 2. The van der Waals surface area contributed by atoms with Gasteiger partial charge in [0.2, 0.25) is 0 Å². The van der Waals surface area contributed by atoms with Crippen molar-refractivity contribution in [3.05, 3.63) is 45.5 Å². The van der Waals surface area contributed by atoms with Gasteiger partial charge in [0.15, 0.2) is 23.3 Å². The van der Waals surface area contributed by atoms with Crippen LogP contribution in [-0.2, 0) is 0 Å². The number of carbonyl (C=O) groups is 4. The molecule has 2 aromatic carbocycles. The molecule has 0 spiro atoms. The van der Waals surface area contributed by atoms with Crippen LogP contribution in [0.15, 0.2) is 0 Å². The van der Waals surface area contributed by atoms with E-state index in [-0.39, 0.29) is 0 Å². The molecule has 0 saturated heterocycles. The van der Waals surface area contributed by atoms with E-state index in [4.69, 9.17) is 0 Å². The molecule has 12 heteroatoms. The first-order valence-corrected chi connectivity index (χ1v) is 6.97. The van der Waals surface area contributed by atoms with Gasteiger partial charge in [0.1, 0.15) is 0 Å². The van der Waals surface area contributed by atoms with Gasteiger partial charge in [-0.05, 0) is 0 Å². The fourth-order valence-corrected chi connectivity index (χ4v) is 3.14. The molecule has 0 aliphatic heterocycles. The van der Waals surface area contributed by atoms with E-state index >= 15 is 0 Å². The summed E-state index contributed by atoms with van der Waals surface area (Å²) >= 11 is 0. The summed E-state index contributed by atoms with van der Waals surface area (Å²) < 4.78 is 55.4. The predicted molar refractivity (Wildman–Crippen MR) is 78.5 cm³/mol. The van der Waals surface area contributed by atoms with Gasteiger partial charge in [-0.1, -0.05) is 0 Å². The molecule has 8 nitrogen and oxygen atoms in total. The lowest BCUT2D eigenvalue weighted by Gasteiger charge is -2.30. The van der Waals surface area contributed by atoms with Gasteiger partial charge in [-0.25, -0.2) is 36.7 Å². The molecule has 0 unspecified atom stereocenters. The van der Waals surface area contributed by atoms with Crippen LogP contribution in [-0.4, -0.2) is 44.3 Å². The van der Waals surface area contributed by atoms with Crippen molar-refractivity contribution in [2.45, 2.75) is 0 Å². The molecule has 2 aromatic rings. The zero-order valence-corrected chi connectivity index (χ0v) is 12.9. The first-order chi connectivity index (χ1) is 12.9. The van der Waals surface area contributed by atoms with Crippen molar-refractivity contribution < 1.29 is 57.2 Å². The summed E-state index contributed by atoms with van der Waals surface area (Å²) in [4.78, 5) is 46.1. The number of carboxylic acid groups (broad SMARTS) is 4. The van der Waals surface area contributed by atoms with Gasteiger partial charge < -0.3 is 20.4 Å². The minimum Gasteiger partial charge on any atom is -0.478 e. The van der Waals surface area contributed by atoms with Crippen molar-refractivity contribution >= 4 is 23.9 Å². The summed E-state index contributed by atoms with van der Waals surface area (Å²) in [6.45, 7) is 0. The minimum atomic E-state index is -2.34. The zero-order chi connectivity index (χ0) is 21.2. The number of hydrogen-bond donors (Lipinski definition) is 4. The minimum absolute atomic E-state index is 1.06. The molecule has 0 fully saturated rings. The number of carboxylic acids is 4. The molecule has 0 heterocycles. The molecule has 3 rings (SSSR count). The maximum absolute atomic E-state index is 14.1. The Labute approximate surface area is 149 Å². The summed E-state index contributed by atoms with van der Waals surface area (Å²) in [6, 6.07) is 0. The summed E-state index contributed by atoms with van der Waals surface area (Å²) in [5.74, 6) is -17.5. The number of rotatable bonds is 4. The Morgan fingerprint density at radius 3 is 0.893 bits per heavy atom. The molecule has 4 N–H and O–H groups in total. The Kier molecular flexibility index (Phi) is 3.88. The fourth-order valence-electron chi connectivity index (χ4n) is 3.14. The average molecular weight is 400 g/mol. The van der Waals surface area contributed by atoms with Gasteiger partial charge in [0.25, 0.3) is 0 Å². The monoisotopic (exact) mass is 400 g/mol. The standard InChI is InChI=1S/C16H4F4O8/c17-9-3-1-2(4(3)10(18)12(20)11(9)19)6(14(23)24)8(16(27)28)7(15(25)26)5(1)13(21)22/h(H,21,22)(H,23,24)(H,25,26)(H,27,28). The van der Waals surface area contributed by atoms with Crippen LogP contribution >= 0.6 is 0 Å². The van der Waals surface area contributed by atoms with Gasteiger partial charge in [0, 0.05) is 22.3 Å². The number of aromatic carboxylic acids is 4. The Morgan fingerprint density at radius 2 is 0.679 bits per heavy atom. The molecular weight excluding hydrogens is 396 g/mol. The van der Waals surface area contributed by atoms with Crippen LogP contribution in [0.2, 0.25) is 0 Å². The molecule has 0 amide bonds. The van der Waals surface area contributed by atoms with Crippen molar-refractivity contribution in [2.24, 2.45) is 0 Å². The lowest BCUT2D eigenvalue weighted by molar-refractivity contribution is 0.0620. The molecule has 0 atom stereocenters. The van der Waals surface area contributed by atoms with Crippen molar-refractivity contribution in [2.75, 3.05) is 0 Å². The van der Waals surface area contributed by atoms with Crippen LogP contribution in [0.1, 0.15) is 41.4 Å². The van der Waals surface area contributed by atoms with Crippen LogP contribution in [0.5, 0.6) is 0 Å². The Hall–Kier alpha value is -3.96. The lowest BCUT2D eigenvalue weighted by atomic mass is 9.71. The molecule has 0 radical (unpaired) electrons. The Bertz CT molecular complexity index is 1080. The van der Waals surface area contributed by atoms with Crippen LogP contribution in [0.3, 0.4) is 0 Å². The van der Waals surface area contributed by atoms with Gasteiger partial charge in [-0.15, -0.1) is 0 Å². The molecule has 0 aromatic heterocycles. The third kappa shape index (κ3) is 2.11. The zero-order valence-electron chi connectivity index (χ0n) is 12.9. The highest BCUT2D eigenvalue weighted by Crippen LogP contribution is 2.56. The highest BCUT2D eigenvalue weighted by atomic mass is 19.2. The van der Waals surface area contributed by atoms with Crippen LogP contribution in [0.25, 0.3) is 22.3 Å². The lowest BCUT2D eigenvalue weighted by Crippen LogP contribution is -2.26. The second-order valence-corrected chi connectivity index (χ2v) is 5.48. The maximum Gasteiger partial charge on any atom is 0.337 e. The predicted octanol–water partition coefficient (Wildman–Crippen LogP) is 2.68. The van der Waals surface area contributed by atoms with E-state index in [1.54, 1.807) is 0 Å². The van der Waals surface area contributed by atoms with E-state index < -0.39 is 91.7 Å². The van der Waals surface area contributed by atoms with Gasteiger partial charge in [-0.2, -0.15) is 0 Å².